The number of benzene rings is 1. The summed E-state index contributed by atoms with van der Waals surface area (Å²) in [5.41, 5.74) is 0.921. The SMILES string of the molecule is CCCNCc1cn(CCOc2cc(Cl)ccc2Cl)nn1. The summed E-state index contributed by atoms with van der Waals surface area (Å²) >= 11 is 11.9. The molecule has 1 heterocycles. The van der Waals surface area contributed by atoms with Gasteiger partial charge in [0.15, 0.2) is 0 Å². The Balaban J connectivity index is 1.79. The van der Waals surface area contributed by atoms with E-state index in [1.54, 1.807) is 22.9 Å². The van der Waals surface area contributed by atoms with Gasteiger partial charge in [0.05, 0.1) is 17.3 Å². The van der Waals surface area contributed by atoms with Crippen molar-refractivity contribution in [1.29, 1.82) is 0 Å². The molecule has 0 radical (unpaired) electrons. The molecule has 0 aliphatic rings. The van der Waals surface area contributed by atoms with Gasteiger partial charge >= 0.3 is 0 Å². The molecule has 0 atom stereocenters. The van der Waals surface area contributed by atoms with Crippen molar-refractivity contribution in [3.63, 3.8) is 0 Å². The zero-order valence-electron chi connectivity index (χ0n) is 11.9. The van der Waals surface area contributed by atoms with Crippen LogP contribution in [-0.2, 0) is 13.1 Å². The Bertz CT molecular complexity index is 574. The van der Waals surface area contributed by atoms with Crippen molar-refractivity contribution in [3.05, 3.63) is 40.1 Å². The van der Waals surface area contributed by atoms with E-state index in [4.69, 9.17) is 27.9 Å². The Morgan fingerprint density at radius 2 is 2.19 bits per heavy atom. The van der Waals surface area contributed by atoms with Crippen molar-refractivity contribution in [2.45, 2.75) is 26.4 Å². The van der Waals surface area contributed by atoms with Crippen molar-refractivity contribution in [2.24, 2.45) is 0 Å². The molecule has 2 aromatic rings. The zero-order chi connectivity index (χ0) is 15.1. The predicted octanol–water partition coefficient (Wildman–Crippen LogP) is 3.16. The lowest BCUT2D eigenvalue weighted by atomic mass is 10.3. The van der Waals surface area contributed by atoms with E-state index in [9.17, 15) is 0 Å². The molecule has 0 saturated heterocycles. The highest BCUT2D eigenvalue weighted by Gasteiger charge is 2.04. The summed E-state index contributed by atoms with van der Waals surface area (Å²) in [6.07, 6.45) is 3.01. The fraction of sp³-hybridized carbons (Fsp3) is 0.429. The van der Waals surface area contributed by atoms with E-state index in [0.29, 0.717) is 28.9 Å². The maximum atomic E-state index is 6.03. The maximum Gasteiger partial charge on any atom is 0.139 e. The zero-order valence-corrected chi connectivity index (χ0v) is 13.4. The van der Waals surface area contributed by atoms with Crippen LogP contribution in [0.3, 0.4) is 0 Å². The quantitative estimate of drug-likeness (QED) is 0.756. The molecule has 1 N–H and O–H groups in total. The summed E-state index contributed by atoms with van der Waals surface area (Å²) in [4.78, 5) is 0. The second-order valence-corrected chi connectivity index (χ2v) is 5.42. The van der Waals surface area contributed by atoms with Crippen LogP contribution in [0, 0.1) is 0 Å². The minimum Gasteiger partial charge on any atom is -0.490 e. The van der Waals surface area contributed by atoms with Crippen LogP contribution in [0.15, 0.2) is 24.4 Å². The summed E-state index contributed by atoms with van der Waals surface area (Å²) in [5.74, 6) is 0.578. The standard InChI is InChI=1S/C14H18Cl2N4O/c1-2-5-17-9-12-10-20(19-18-12)6-7-21-14-8-11(15)3-4-13(14)16/h3-4,8,10,17H,2,5-7,9H2,1H3. The van der Waals surface area contributed by atoms with E-state index in [0.717, 1.165) is 25.2 Å². The second kappa shape index (κ2) is 8.22. The van der Waals surface area contributed by atoms with E-state index in [1.807, 2.05) is 6.20 Å². The lowest BCUT2D eigenvalue weighted by Crippen LogP contribution is -2.14. The lowest BCUT2D eigenvalue weighted by molar-refractivity contribution is 0.290. The fourth-order valence-corrected chi connectivity index (χ4v) is 2.09. The Kier molecular flexibility index (Phi) is 6.29. The number of ether oxygens (including phenoxy) is 1. The molecule has 0 spiro atoms. The number of hydrogen-bond acceptors (Lipinski definition) is 4. The Hall–Kier alpha value is -1.30. The average Bonchev–Trinajstić information content (AvgIpc) is 2.91. The maximum absolute atomic E-state index is 6.03. The van der Waals surface area contributed by atoms with Gasteiger partial charge in [-0.05, 0) is 25.1 Å². The summed E-state index contributed by atoms with van der Waals surface area (Å²) < 4.78 is 7.36. The molecule has 0 bridgehead atoms. The van der Waals surface area contributed by atoms with Gasteiger partial charge in [0, 0.05) is 23.8 Å². The third-order valence-electron chi connectivity index (χ3n) is 2.79. The highest BCUT2D eigenvalue weighted by Crippen LogP contribution is 2.27. The number of nitrogens with zero attached hydrogens (tertiary/aromatic N) is 3. The third kappa shape index (κ3) is 5.19. The van der Waals surface area contributed by atoms with Gasteiger partial charge in [-0.25, -0.2) is 4.68 Å². The number of aromatic nitrogens is 3. The van der Waals surface area contributed by atoms with Crippen LogP contribution in [0.2, 0.25) is 10.0 Å². The van der Waals surface area contributed by atoms with E-state index in [1.165, 1.54) is 0 Å². The first-order valence-corrected chi connectivity index (χ1v) is 7.62. The molecular formula is C14H18Cl2N4O. The molecule has 1 aromatic heterocycles. The molecule has 0 aliphatic carbocycles. The summed E-state index contributed by atoms with van der Waals surface area (Å²) in [6.45, 7) is 4.88. The van der Waals surface area contributed by atoms with Crippen LogP contribution in [0.25, 0.3) is 0 Å². The molecule has 0 amide bonds. The first kappa shape index (κ1) is 16.1. The van der Waals surface area contributed by atoms with Crippen molar-refractivity contribution >= 4 is 23.2 Å². The molecule has 114 valence electrons. The van der Waals surface area contributed by atoms with Crippen LogP contribution in [-0.4, -0.2) is 28.1 Å². The van der Waals surface area contributed by atoms with Crippen LogP contribution in [0.1, 0.15) is 19.0 Å². The van der Waals surface area contributed by atoms with Gasteiger partial charge < -0.3 is 10.1 Å². The monoisotopic (exact) mass is 328 g/mol. The van der Waals surface area contributed by atoms with Gasteiger partial charge in [-0.1, -0.05) is 35.3 Å². The normalized spacial score (nSPS) is 10.8. The molecule has 7 heteroatoms. The number of hydrogen-bond donors (Lipinski definition) is 1. The minimum atomic E-state index is 0.450. The first-order chi connectivity index (χ1) is 10.2. The second-order valence-electron chi connectivity index (χ2n) is 4.57. The lowest BCUT2D eigenvalue weighted by Gasteiger charge is -2.08. The number of nitrogens with one attached hydrogen (secondary N) is 1. The summed E-state index contributed by atoms with van der Waals surface area (Å²) in [5, 5.41) is 12.6. The number of halogens is 2. The molecule has 0 unspecified atom stereocenters. The largest absolute Gasteiger partial charge is 0.490 e. The van der Waals surface area contributed by atoms with Gasteiger partial charge in [-0.15, -0.1) is 5.10 Å². The van der Waals surface area contributed by atoms with Gasteiger partial charge in [-0.2, -0.15) is 0 Å². The third-order valence-corrected chi connectivity index (χ3v) is 3.34. The summed E-state index contributed by atoms with van der Waals surface area (Å²) in [6, 6.07) is 5.14. The highest BCUT2D eigenvalue weighted by atomic mass is 35.5. The van der Waals surface area contributed by atoms with Gasteiger partial charge in [0.1, 0.15) is 12.4 Å². The van der Waals surface area contributed by atoms with Crippen LogP contribution >= 0.6 is 23.2 Å². The molecule has 5 nitrogen and oxygen atoms in total. The molecule has 21 heavy (non-hydrogen) atoms. The molecular weight excluding hydrogens is 311 g/mol. The van der Waals surface area contributed by atoms with Gasteiger partial charge in [-0.3, -0.25) is 0 Å². The smallest absolute Gasteiger partial charge is 0.139 e. The van der Waals surface area contributed by atoms with Crippen molar-refractivity contribution in [2.75, 3.05) is 13.2 Å². The fourth-order valence-electron chi connectivity index (χ4n) is 1.76. The van der Waals surface area contributed by atoms with E-state index < -0.39 is 0 Å². The Morgan fingerprint density at radius 3 is 3.00 bits per heavy atom. The van der Waals surface area contributed by atoms with E-state index >= 15 is 0 Å². The molecule has 1 aromatic carbocycles. The van der Waals surface area contributed by atoms with Crippen LogP contribution in [0.5, 0.6) is 5.75 Å². The predicted molar refractivity (Wildman–Crippen MR) is 84.0 cm³/mol. The van der Waals surface area contributed by atoms with Crippen LogP contribution < -0.4 is 10.1 Å². The molecule has 0 saturated carbocycles. The topological polar surface area (TPSA) is 52.0 Å². The molecule has 0 aliphatic heterocycles. The van der Waals surface area contributed by atoms with Gasteiger partial charge in [0.2, 0.25) is 0 Å². The highest BCUT2D eigenvalue weighted by molar-refractivity contribution is 6.34. The minimum absolute atomic E-state index is 0.450. The van der Waals surface area contributed by atoms with Crippen molar-refractivity contribution < 1.29 is 4.74 Å². The van der Waals surface area contributed by atoms with E-state index in [2.05, 4.69) is 22.6 Å². The Labute approximate surface area is 134 Å². The number of rotatable bonds is 8. The van der Waals surface area contributed by atoms with Crippen LogP contribution in [0.4, 0.5) is 0 Å². The summed E-state index contributed by atoms with van der Waals surface area (Å²) in [7, 11) is 0. The van der Waals surface area contributed by atoms with Crippen molar-refractivity contribution in [3.8, 4) is 5.75 Å². The average molecular weight is 329 g/mol. The van der Waals surface area contributed by atoms with E-state index in [-0.39, 0.29) is 0 Å². The molecule has 0 fully saturated rings. The van der Waals surface area contributed by atoms with Gasteiger partial charge in [0.25, 0.3) is 0 Å². The molecule has 2 rings (SSSR count). The first-order valence-electron chi connectivity index (χ1n) is 6.86. The Morgan fingerprint density at radius 1 is 1.33 bits per heavy atom. The van der Waals surface area contributed by atoms with Crippen molar-refractivity contribution in [1.82, 2.24) is 20.3 Å².